The van der Waals surface area contributed by atoms with Gasteiger partial charge in [-0.3, -0.25) is 10.1 Å². The minimum Gasteiger partial charge on any atom is -0.454 e. The zero-order chi connectivity index (χ0) is 15.0. The van der Waals surface area contributed by atoms with Crippen LogP contribution in [0.1, 0.15) is 0 Å². The van der Waals surface area contributed by atoms with E-state index in [0.717, 1.165) is 0 Å². The highest BCUT2D eigenvalue weighted by atomic mass is 35.5. The van der Waals surface area contributed by atoms with Gasteiger partial charge >= 0.3 is 0 Å². The molecule has 0 radical (unpaired) electrons. The molecule has 108 valence electrons. The first-order chi connectivity index (χ1) is 10.0. The molecule has 0 aliphatic carbocycles. The number of nitro benzene ring substituents is 1. The van der Waals surface area contributed by atoms with Crippen molar-refractivity contribution in [3.63, 3.8) is 0 Å². The molecule has 0 spiro atoms. The van der Waals surface area contributed by atoms with E-state index in [2.05, 4.69) is 0 Å². The fourth-order valence-electron chi connectivity index (χ4n) is 1.81. The molecule has 0 atom stereocenters. The summed E-state index contributed by atoms with van der Waals surface area (Å²) in [5.74, 6) is 1.73. The second-order valence-corrected chi connectivity index (χ2v) is 4.93. The maximum atomic E-state index is 10.7. The largest absolute Gasteiger partial charge is 0.454 e. The summed E-state index contributed by atoms with van der Waals surface area (Å²) in [6.45, 7) is 0.151. The second-order valence-electron chi connectivity index (χ2n) is 4.11. The highest BCUT2D eigenvalue weighted by Gasteiger charge is 2.18. The molecule has 0 bridgehead atoms. The fraction of sp³-hybridized carbons (Fsp3) is 0.0769. The minimum absolute atomic E-state index is 0.0480. The molecule has 0 amide bonds. The average molecular weight is 328 g/mol. The molecule has 3 rings (SSSR count). The van der Waals surface area contributed by atoms with Crippen molar-refractivity contribution in [3.8, 4) is 23.0 Å². The van der Waals surface area contributed by atoms with Gasteiger partial charge in [0.25, 0.3) is 5.69 Å². The standard InChI is InChI=1S/C13H7Cl2NO5/c14-9-3-7(16(17)18)4-10(15)13(9)21-8-1-2-11-12(5-8)20-6-19-11/h1-5H,6H2. The Bertz CT molecular complexity index is 711. The van der Waals surface area contributed by atoms with Gasteiger partial charge in [-0.05, 0) is 12.1 Å². The predicted octanol–water partition coefficient (Wildman–Crippen LogP) is 4.42. The number of rotatable bonds is 3. The Kier molecular flexibility index (Phi) is 3.48. The number of benzene rings is 2. The number of nitro groups is 1. The molecule has 0 N–H and O–H groups in total. The number of ether oxygens (including phenoxy) is 3. The van der Waals surface area contributed by atoms with Crippen molar-refractivity contribution in [2.75, 3.05) is 6.79 Å². The van der Waals surface area contributed by atoms with Crippen molar-refractivity contribution in [1.82, 2.24) is 0 Å². The zero-order valence-corrected chi connectivity index (χ0v) is 11.9. The van der Waals surface area contributed by atoms with Crippen LogP contribution in [0.3, 0.4) is 0 Å². The molecule has 0 fully saturated rings. The minimum atomic E-state index is -0.581. The number of non-ortho nitro benzene ring substituents is 1. The molecule has 21 heavy (non-hydrogen) atoms. The van der Waals surface area contributed by atoms with Crippen LogP contribution >= 0.6 is 23.2 Å². The Balaban J connectivity index is 1.93. The van der Waals surface area contributed by atoms with Crippen molar-refractivity contribution < 1.29 is 19.1 Å². The third-order valence-corrected chi connectivity index (χ3v) is 3.32. The SMILES string of the molecule is O=[N+]([O-])c1cc(Cl)c(Oc2ccc3c(c2)OCO3)c(Cl)c1. The van der Waals surface area contributed by atoms with Gasteiger partial charge < -0.3 is 14.2 Å². The summed E-state index contributed by atoms with van der Waals surface area (Å²) in [5, 5.41) is 10.8. The summed E-state index contributed by atoms with van der Waals surface area (Å²) in [4.78, 5) is 10.1. The summed E-state index contributed by atoms with van der Waals surface area (Å²) in [6, 6.07) is 7.31. The van der Waals surface area contributed by atoms with E-state index in [1.54, 1.807) is 18.2 Å². The number of hydrogen-bond acceptors (Lipinski definition) is 5. The van der Waals surface area contributed by atoms with Gasteiger partial charge in [0.2, 0.25) is 6.79 Å². The van der Waals surface area contributed by atoms with Crippen LogP contribution in [-0.4, -0.2) is 11.7 Å². The van der Waals surface area contributed by atoms with Crippen LogP contribution in [0.2, 0.25) is 10.0 Å². The van der Waals surface area contributed by atoms with E-state index >= 15 is 0 Å². The van der Waals surface area contributed by atoms with Crippen LogP contribution in [0, 0.1) is 10.1 Å². The number of halogens is 2. The monoisotopic (exact) mass is 327 g/mol. The van der Waals surface area contributed by atoms with Crippen molar-refractivity contribution in [3.05, 3.63) is 50.5 Å². The van der Waals surface area contributed by atoms with Gasteiger partial charge in [0.1, 0.15) is 5.75 Å². The predicted molar refractivity (Wildman–Crippen MR) is 75.8 cm³/mol. The van der Waals surface area contributed by atoms with Crippen LogP contribution in [0.4, 0.5) is 5.69 Å². The normalized spacial score (nSPS) is 12.3. The summed E-state index contributed by atoms with van der Waals surface area (Å²) in [6.07, 6.45) is 0. The molecular weight excluding hydrogens is 321 g/mol. The third kappa shape index (κ3) is 2.68. The van der Waals surface area contributed by atoms with E-state index in [0.29, 0.717) is 17.2 Å². The van der Waals surface area contributed by atoms with Gasteiger partial charge in [0.05, 0.1) is 15.0 Å². The Labute approximate surface area is 128 Å². The molecule has 6 nitrogen and oxygen atoms in total. The Morgan fingerprint density at radius 1 is 1.10 bits per heavy atom. The maximum absolute atomic E-state index is 10.7. The molecule has 1 aliphatic rings. The van der Waals surface area contributed by atoms with Crippen LogP contribution in [0.25, 0.3) is 0 Å². The van der Waals surface area contributed by atoms with Gasteiger partial charge in [-0.15, -0.1) is 0 Å². The highest BCUT2D eigenvalue weighted by Crippen LogP contribution is 2.42. The molecule has 0 saturated heterocycles. The van der Waals surface area contributed by atoms with Gasteiger partial charge in [0.15, 0.2) is 17.2 Å². The first-order valence-electron chi connectivity index (χ1n) is 5.75. The zero-order valence-electron chi connectivity index (χ0n) is 10.3. The smallest absolute Gasteiger partial charge is 0.272 e. The number of fused-ring (bicyclic) bond motifs is 1. The lowest BCUT2D eigenvalue weighted by Crippen LogP contribution is -1.93. The molecule has 0 unspecified atom stereocenters. The molecule has 2 aromatic rings. The van der Waals surface area contributed by atoms with Crippen LogP contribution in [-0.2, 0) is 0 Å². The number of nitrogens with zero attached hydrogens (tertiary/aromatic N) is 1. The Morgan fingerprint density at radius 3 is 2.43 bits per heavy atom. The molecule has 1 aliphatic heterocycles. The molecule has 0 aromatic heterocycles. The van der Waals surface area contributed by atoms with Gasteiger partial charge in [0, 0.05) is 18.2 Å². The first-order valence-corrected chi connectivity index (χ1v) is 6.51. The molecule has 8 heteroatoms. The lowest BCUT2D eigenvalue weighted by Gasteiger charge is -2.10. The summed E-state index contributed by atoms with van der Waals surface area (Å²) < 4.78 is 16.0. The Hall–Kier alpha value is -2.18. The van der Waals surface area contributed by atoms with E-state index in [-0.39, 0.29) is 28.3 Å². The topological polar surface area (TPSA) is 70.8 Å². The first kappa shape index (κ1) is 13.8. The Morgan fingerprint density at radius 2 is 1.76 bits per heavy atom. The van der Waals surface area contributed by atoms with E-state index in [1.807, 2.05) is 0 Å². The van der Waals surface area contributed by atoms with E-state index in [9.17, 15) is 10.1 Å². The highest BCUT2D eigenvalue weighted by molar-refractivity contribution is 6.37. The lowest BCUT2D eigenvalue weighted by molar-refractivity contribution is -0.384. The van der Waals surface area contributed by atoms with E-state index in [1.165, 1.54) is 12.1 Å². The molecule has 1 heterocycles. The molecule has 2 aromatic carbocycles. The summed E-state index contributed by atoms with van der Waals surface area (Å²) >= 11 is 12.0. The average Bonchev–Trinajstić information content (AvgIpc) is 2.90. The van der Waals surface area contributed by atoms with E-state index < -0.39 is 4.92 Å². The fourth-order valence-corrected chi connectivity index (χ4v) is 2.36. The maximum Gasteiger partial charge on any atom is 0.272 e. The van der Waals surface area contributed by atoms with Crippen molar-refractivity contribution in [2.24, 2.45) is 0 Å². The van der Waals surface area contributed by atoms with Crippen LogP contribution in [0.5, 0.6) is 23.0 Å². The lowest BCUT2D eigenvalue weighted by atomic mass is 10.3. The van der Waals surface area contributed by atoms with Crippen LogP contribution < -0.4 is 14.2 Å². The van der Waals surface area contributed by atoms with Crippen molar-refractivity contribution in [2.45, 2.75) is 0 Å². The van der Waals surface area contributed by atoms with Crippen molar-refractivity contribution >= 4 is 28.9 Å². The molecule has 0 saturated carbocycles. The van der Waals surface area contributed by atoms with Gasteiger partial charge in [-0.1, -0.05) is 23.2 Å². The summed E-state index contributed by atoms with van der Waals surface area (Å²) in [5.41, 5.74) is -0.206. The third-order valence-electron chi connectivity index (χ3n) is 2.76. The van der Waals surface area contributed by atoms with Crippen LogP contribution in [0.15, 0.2) is 30.3 Å². The van der Waals surface area contributed by atoms with Gasteiger partial charge in [-0.25, -0.2) is 0 Å². The van der Waals surface area contributed by atoms with E-state index in [4.69, 9.17) is 37.4 Å². The quantitative estimate of drug-likeness (QED) is 0.616. The second kappa shape index (κ2) is 5.31. The number of hydrogen-bond donors (Lipinski definition) is 0. The van der Waals surface area contributed by atoms with Gasteiger partial charge in [-0.2, -0.15) is 0 Å². The van der Waals surface area contributed by atoms with Crippen molar-refractivity contribution in [1.29, 1.82) is 0 Å². The summed E-state index contributed by atoms with van der Waals surface area (Å²) in [7, 11) is 0. The molecular formula is C13H7Cl2NO5.